The van der Waals surface area contributed by atoms with Crippen molar-refractivity contribution in [2.24, 2.45) is 0 Å². The highest BCUT2D eigenvalue weighted by Gasteiger charge is 2.46. The molecular weight excluding hydrogens is 370 g/mol. The summed E-state index contributed by atoms with van der Waals surface area (Å²) in [5, 5.41) is 0.539. The van der Waals surface area contributed by atoms with Crippen LogP contribution in [0.2, 0.25) is 0 Å². The molecule has 4 nitrogen and oxygen atoms in total. The number of hydrogen-bond donors (Lipinski definition) is 0. The van der Waals surface area contributed by atoms with E-state index < -0.39 is 5.60 Å². The highest BCUT2D eigenvalue weighted by molar-refractivity contribution is 7.99. The third kappa shape index (κ3) is 3.95. The SMILES string of the molecule is CC(C)Sc1ccc(CC(=O)N2CCC3(CC(=O)c4ccccc4O3)C2)cc1. The minimum Gasteiger partial charge on any atom is -0.484 e. The number of hydrogen-bond acceptors (Lipinski definition) is 4. The molecule has 1 unspecified atom stereocenters. The Kier molecular flexibility index (Phi) is 5.19. The number of likely N-dealkylation sites (tertiary alicyclic amines) is 1. The zero-order valence-electron chi connectivity index (χ0n) is 16.3. The second kappa shape index (κ2) is 7.63. The van der Waals surface area contributed by atoms with E-state index in [4.69, 9.17) is 4.74 Å². The Morgan fingerprint density at radius 2 is 1.93 bits per heavy atom. The predicted molar refractivity (Wildman–Crippen MR) is 111 cm³/mol. The smallest absolute Gasteiger partial charge is 0.227 e. The number of fused-ring (bicyclic) bond motifs is 1. The van der Waals surface area contributed by atoms with Gasteiger partial charge in [0.15, 0.2) is 5.78 Å². The summed E-state index contributed by atoms with van der Waals surface area (Å²) in [6.07, 6.45) is 1.42. The molecule has 2 aliphatic heterocycles. The van der Waals surface area contributed by atoms with Crippen LogP contribution in [0.4, 0.5) is 0 Å². The molecule has 1 atom stereocenters. The minimum atomic E-state index is -0.571. The van der Waals surface area contributed by atoms with Gasteiger partial charge in [-0.1, -0.05) is 38.1 Å². The van der Waals surface area contributed by atoms with Crippen LogP contribution in [0.1, 0.15) is 42.6 Å². The van der Waals surface area contributed by atoms with Gasteiger partial charge in [-0.25, -0.2) is 0 Å². The molecule has 1 spiro atoms. The molecule has 0 radical (unpaired) electrons. The van der Waals surface area contributed by atoms with Crippen LogP contribution in [0.15, 0.2) is 53.4 Å². The van der Waals surface area contributed by atoms with Crippen LogP contribution >= 0.6 is 11.8 Å². The maximum atomic E-state index is 12.8. The quantitative estimate of drug-likeness (QED) is 0.722. The molecule has 0 N–H and O–H groups in total. The van der Waals surface area contributed by atoms with Gasteiger partial charge in [-0.3, -0.25) is 9.59 Å². The number of para-hydroxylation sites is 1. The van der Waals surface area contributed by atoms with Crippen LogP contribution in [0.5, 0.6) is 5.75 Å². The lowest BCUT2D eigenvalue weighted by Crippen LogP contribution is -2.45. The van der Waals surface area contributed by atoms with Crippen molar-refractivity contribution in [3.63, 3.8) is 0 Å². The van der Waals surface area contributed by atoms with E-state index in [0.29, 0.717) is 48.9 Å². The molecule has 2 heterocycles. The average Bonchev–Trinajstić information content (AvgIpc) is 3.06. The summed E-state index contributed by atoms with van der Waals surface area (Å²) in [6, 6.07) is 15.6. The maximum absolute atomic E-state index is 12.8. The van der Waals surface area contributed by atoms with E-state index in [1.807, 2.05) is 53.1 Å². The van der Waals surface area contributed by atoms with Gasteiger partial charge in [0.05, 0.1) is 24.9 Å². The number of ether oxygens (including phenoxy) is 1. The number of Topliss-reactive ketones (excluding diaryl/α,β-unsaturated/α-hetero) is 1. The first-order valence-electron chi connectivity index (χ1n) is 9.79. The maximum Gasteiger partial charge on any atom is 0.227 e. The Hall–Kier alpha value is -2.27. The van der Waals surface area contributed by atoms with Crippen molar-refractivity contribution in [2.75, 3.05) is 13.1 Å². The Balaban J connectivity index is 1.40. The fraction of sp³-hybridized carbons (Fsp3) is 0.391. The molecule has 1 amide bonds. The zero-order chi connectivity index (χ0) is 19.7. The molecule has 0 saturated carbocycles. The standard InChI is InChI=1S/C23H25NO3S/c1-16(2)28-18-9-7-17(8-10-18)13-22(26)24-12-11-23(15-24)14-20(25)19-5-3-4-6-21(19)27-23/h3-10,16H,11-15H2,1-2H3. The number of nitrogens with zero attached hydrogens (tertiary/aromatic N) is 1. The van der Waals surface area contributed by atoms with Crippen molar-refractivity contribution in [1.82, 2.24) is 4.90 Å². The van der Waals surface area contributed by atoms with Gasteiger partial charge in [0.2, 0.25) is 5.91 Å². The van der Waals surface area contributed by atoms with E-state index in [1.54, 1.807) is 0 Å². The number of benzene rings is 2. The molecule has 2 aromatic carbocycles. The second-order valence-corrected chi connectivity index (χ2v) is 9.58. The fourth-order valence-electron chi connectivity index (χ4n) is 3.97. The van der Waals surface area contributed by atoms with Crippen molar-refractivity contribution < 1.29 is 14.3 Å². The number of thioether (sulfide) groups is 1. The first kappa shape index (κ1) is 19.1. The number of rotatable bonds is 4. The molecule has 4 rings (SSSR count). The topological polar surface area (TPSA) is 46.6 Å². The zero-order valence-corrected chi connectivity index (χ0v) is 17.1. The van der Waals surface area contributed by atoms with Crippen LogP contribution < -0.4 is 4.74 Å². The third-order valence-electron chi connectivity index (χ3n) is 5.32. The van der Waals surface area contributed by atoms with Crippen LogP contribution in [-0.4, -0.2) is 40.5 Å². The monoisotopic (exact) mass is 395 g/mol. The van der Waals surface area contributed by atoms with Crippen LogP contribution in [0.25, 0.3) is 0 Å². The average molecular weight is 396 g/mol. The minimum absolute atomic E-state index is 0.0936. The Morgan fingerprint density at radius 1 is 1.18 bits per heavy atom. The summed E-state index contributed by atoms with van der Waals surface area (Å²) in [7, 11) is 0. The van der Waals surface area contributed by atoms with E-state index in [9.17, 15) is 9.59 Å². The summed E-state index contributed by atoms with van der Waals surface area (Å²) >= 11 is 1.82. The van der Waals surface area contributed by atoms with Crippen molar-refractivity contribution in [2.45, 2.75) is 48.9 Å². The van der Waals surface area contributed by atoms with Crippen LogP contribution in [0, 0.1) is 0 Å². The van der Waals surface area contributed by atoms with Crippen molar-refractivity contribution in [3.8, 4) is 5.75 Å². The molecule has 2 aliphatic rings. The van der Waals surface area contributed by atoms with Gasteiger partial charge in [0.25, 0.3) is 0 Å². The van der Waals surface area contributed by atoms with Crippen molar-refractivity contribution >= 4 is 23.5 Å². The molecule has 0 aromatic heterocycles. The van der Waals surface area contributed by atoms with E-state index >= 15 is 0 Å². The fourth-order valence-corrected chi connectivity index (χ4v) is 4.81. The summed E-state index contributed by atoms with van der Waals surface area (Å²) < 4.78 is 6.22. The number of ketones is 1. The van der Waals surface area contributed by atoms with E-state index in [2.05, 4.69) is 26.0 Å². The largest absolute Gasteiger partial charge is 0.484 e. The second-order valence-electron chi connectivity index (χ2n) is 7.93. The summed E-state index contributed by atoms with van der Waals surface area (Å²) in [5.74, 6) is 0.844. The third-order valence-corrected chi connectivity index (χ3v) is 6.33. The van der Waals surface area contributed by atoms with E-state index in [1.165, 1.54) is 4.90 Å². The van der Waals surface area contributed by atoms with Gasteiger partial charge < -0.3 is 9.64 Å². The Morgan fingerprint density at radius 3 is 2.68 bits per heavy atom. The van der Waals surface area contributed by atoms with Crippen molar-refractivity contribution in [3.05, 3.63) is 59.7 Å². The van der Waals surface area contributed by atoms with E-state index in [-0.39, 0.29) is 11.7 Å². The summed E-state index contributed by atoms with van der Waals surface area (Å²) in [5.41, 5.74) is 1.10. The van der Waals surface area contributed by atoms with Gasteiger partial charge in [-0.2, -0.15) is 0 Å². The molecule has 146 valence electrons. The van der Waals surface area contributed by atoms with Gasteiger partial charge in [0, 0.05) is 23.1 Å². The molecule has 28 heavy (non-hydrogen) atoms. The Bertz CT molecular complexity index is 893. The molecule has 2 aromatic rings. The molecular formula is C23H25NO3S. The Labute approximate surface area is 170 Å². The first-order chi connectivity index (χ1) is 13.4. The lowest BCUT2D eigenvalue weighted by Gasteiger charge is -2.34. The number of carbonyl (C=O) groups is 2. The predicted octanol–water partition coefficient (Wildman–Crippen LogP) is 4.37. The molecule has 1 fully saturated rings. The van der Waals surface area contributed by atoms with E-state index in [0.717, 1.165) is 5.56 Å². The van der Waals surface area contributed by atoms with Gasteiger partial charge in [-0.05, 0) is 29.8 Å². The number of carbonyl (C=O) groups excluding carboxylic acids is 2. The lowest BCUT2D eigenvalue weighted by molar-refractivity contribution is -0.130. The van der Waals surface area contributed by atoms with Crippen LogP contribution in [0.3, 0.4) is 0 Å². The number of amides is 1. The highest BCUT2D eigenvalue weighted by Crippen LogP contribution is 2.38. The molecule has 5 heteroatoms. The van der Waals surface area contributed by atoms with Gasteiger partial charge in [0.1, 0.15) is 11.4 Å². The normalized spacial score (nSPS) is 21.1. The first-order valence-corrected chi connectivity index (χ1v) is 10.7. The van der Waals surface area contributed by atoms with Crippen molar-refractivity contribution in [1.29, 1.82) is 0 Å². The highest BCUT2D eigenvalue weighted by atomic mass is 32.2. The molecule has 0 aliphatic carbocycles. The van der Waals surface area contributed by atoms with Gasteiger partial charge in [-0.15, -0.1) is 11.8 Å². The van der Waals surface area contributed by atoms with Crippen LogP contribution in [-0.2, 0) is 11.2 Å². The van der Waals surface area contributed by atoms with Gasteiger partial charge >= 0.3 is 0 Å². The molecule has 0 bridgehead atoms. The molecule has 1 saturated heterocycles. The summed E-state index contributed by atoms with van der Waals surface area (Å²) in [6.45, 7) is 5.45. The summed E-state index contributed by atoms with van der Waals surface area (Å²) in [4.78, 5) is 28.4. The lowest BCUT2D eigenvalue weighted by atomic mass is 9.89.